The Labute approximate surface area is 133 Å². The smallest absolute Gasteiger partial charge is 0.199 e. The number of nitrogens with zero attached hydrogens (tertiary/aromatic N) is 2. The molecule has 1 heterocycles. The Morgan fingerprint density at radius 3 is 2.33 bits per heavy atom. The van der Waals surface area contributed by atoms with Crippen molar-refractivity contribution >= 4 is 24.0 Å². The van der Waals surface area contributed by atoms with Crippen molar-refractivity contribution in [2.45, 2.75) is 11.5 Å². The Morgan fingerprint density at radius 1 is 0.952 bits per heavy atom. The quantitative estimate of drug-likeness (QED) is 0.710. The van der Waals surface area contributed by atoms with Crippen molar-refractivity contribution in [2.24, 2.45) is 0 Å². The minimum absolute atomic E-state index is 0.636. The third-order valence-corrected chi connectivity index (χ3v) is 4.37. The maximum Gasteiger partial charge on any atom is 0.199 e. The van der Waals surface area contributed by atoms with E-state index in [0.717, 1.165) is 23.0 Å². The fourth-order valence-corrected chi connectivity index (χ4v) is 3.27. The van der Waals surface area contributed by atoms with E-state index in [-0.39, 0.29) is 0 Å². The summed E-state index contributed by atoms with van der Waals surface area (Å²) < 4.78 is 2.63. The van der Waals surface area contributed by atoms with Gasteiger partial charge in [0, 0.05) is 11.4 Å². The van der Waals surface area contributed by atoms with E-state index in [1.165, 1.54) is 5.56 Å². The zero-order valence-corrected chi connectivity index (χ0v) is 13.0. The molecule has 5 heteroatoms. The maximum atomic E-state index is 5.33. The van der Waals surface area contributed by atoms with Gasteiger partial charge in [0.1, 0.15) is 5.82 Å². The van der Waals surface area contributed by atoms with Crippen LogP contribution in [-0.2, 0) is 11.5 Å². The van der Waals surface area contributed by atoms with E-state index in [9.17, 15) is 0 Å². The van der Waals surface area contributed by atoms with Crippen molar-refractivity contribution < 1.29 is 0 Å². The Hall–Kier alpha value is -1.85. The van der Waals surface area contributed by atoms with Crippen molar-refractivity contribution in [2.75, 3.05) is 0 Å². The van der Waals surface area contributed by atoms with Crippen LogP contribution in [0, 0.1) is 4.77 Å². The molecule has 0 aliphatic rings. The molecule has 21 heavy (non-hydrogen) atoms. The number of rotatable bonds is 5. The zero-order valence-electron chi connectivity index (χ0n) is 11.4. The van der Waals surface area contributed by atoms with Gasteiger partial charge in [0.2, 0.25) is 0 Å². The number of thioether (sulfide) groups is 1. The van der Waals surface area contributed by atoms with Gasteiger partial charge in [-0.2, -0.15) is 5.10 Å². The van der Waals surface area contributed by atoms with Crippen LogP contribution in [0.4, 0.5) is 0 Å². The summed E-state index contributed by atoms with van der Waals surface area (Å²) in [6.07, 6.45) is 0. The second kappa shape index (κ2) is 6.74. The monoisotopic (exact) mass is 313 g/mol. The van der Waals surface area contributed by atoms with Crippen LogP contribution in [0.3, 0.4) is 0 Å². The Bertz CT molecular complexity index is 748. The minimum atomic E-state index is 0.636. The summed E-state index contributed by atoms with van der Waals surface area (Å²) in [7, 11) is 0. The number of aromatic nitrogens is 3. The number of hydrogen-bond donors (Lipinski definition) is 1. The number of para-hydroxylation sites is 1. The first-order valence-corrected chi connectivity index (χ1v) is 8.24. The highest BCUT2D eigenvalue weighted by Gasteiger charge is 2.08. The van der Waals surface area contributed by atoms with Gasteiger partial charge in [0.05, 0.1) is 5.75 Å². The lowest BCUT2D eigenvalue weighted by Crippen LogP contribution is -2.00. The SMILES string of the molecule is S=c1[nH]nc(CSCc2ccccc2)n1-c1ccccc1. The molecule has 0 fully saturated rings. The zero-order chi connectivity index (χ0) is 14.5. The summed E-state index contributed by atoms with van der Waals surface area (Å²) in [6, 6.07) is 20.5. The van der Waals surface area contributed by atoms with Crippen molar-refractivity contribution in [3.8, 4) is 5.69 Å². The maximum absolute atomic E-state index is 5.33. The topological polar surface area (TPSA) is 33.6 Å². The van der Waals surface area contributed by atoms with Crippen LogP contribution in [0.5, 0.6) is 0 Å². The molecule has 0 saturated heterocycles. The largest absolute Gasteiger partial charge is 0.271 e. The highest BCUT2D eigenvalue weighted by atomic mass is 32.2. The van der Waals surface area contributed by atoms with Crippen molar-refractivity contribution in [1.29, 1.82) is 0 Å². The molecule has 1 N–H and O–H groups in total. The van der Waals surface area contributed by atoms with E-state index in [1.54, 1.807) is 0 Å². The van der Waals surface area contributed by atoms with Gasteiger partial charge in [-0.3, -0.25) is 9.67 Å². The fraction of sp³-hybridized carbons (Fsp3) is 0.125. The molecule has 0 atom stereocenters. The Morgan fingerprint density at radius 2 is 1.62 bits per heavy atom. The van der Waals surface area contributed by atoms with Crippen molar-refractivity contribution in [3.63, 3.8) is 0 Å². The second-order valence-corrected chi connectivity index (χ2v) is 5.97. The first-order chi connectivity index (χ1) is 10.3. The lowest BCUT2D eigenvalue weighted by molar-refractivity contribution is 0.949. The third-order valence-electron chi connectivity index (χ3n) is 3.10. The standard InChI is InChI=1S/C16H15N3S2/c20-16-18-17-15(19(16)14-9-5-2-6-10-14)12-21-11-13-7-3-1-4-8-13/h1-10H,11-12H2,(H,18,20). The van der Waals surface area contributed by atoms with Crippen LogP contribution >= 0.6 is 24.0 Å². The summed E-state index contributed by atoms with van der Waals surface area (Å²) in [5.74, 6) is 2.73. The van der Waals surface area contributed by atoms with E-state index in [0.29, 0.717) is 4.77 Å². The first kappa shape index (κ1) is 14.1. The molecule has 106 valence electrons. The van der Waals surface area contributed by atoms with Gasteiger partial charge in [0.15, 0.2) is 4.77 Å². The lowest BCUT2D eigenvalue weighted by Gasteiger charge is -2.06. The van der Waals surface area contributed by atoms with Gasteiger partial charge in [0.25, 0.3) is 0 Å². The number of benzene rings is 2. The Kier molecular flexibility index (Phi) is 4.52. The molecule has 0 bridgehead atoms. The van der Waals surface area contributed by atoms with Crippen LogP contribution < -0.4 is 0 Å². The van der Waals surface area contributed by atoms with Crippen LogP contribution in [0.1, 0.15) is 11.4 Å². The highest BCUT2D eigenvalue weighted by molar-refractivity contribution is 7.97. The van der Waals surface area contributed by atoms with Gasteiger partial charge < -0.3 is 0 Å². The molecule has 0 aliphatic heterocycles. The third kappa shape index (κ3) is 3.43. The predicted octanol–water partition coefficient (Wildman–Crippen LogP) is 4.36. The molecular weight excluding hydrogens is 298 g/mol. The molecule has 3 aromatic rings. The molecule has 2 aromatic carbocycles. The normalized spacial score (nSPS) is 10.7. The van der Waals surface area contributed by atoms with Crippen LogP contribution in [0.15, 0.2) is 60.7 Å². The first-order valence-electron chi connectivity index (χ1n) is 6.68. The summed E-state index contributed by atoms with van der Waals surface area (Å²) in [5, 5.41) is 7.24. The molecule has 0 radical (unpaired) electrons. The predicted molar refractivity (Wildman–Crippen MR) is 90.2 cm³/mol. The molecule has 3 nitrogen and oxygen atoms in total. The van der Waals surface area contributed by atoms with E-state index >= 15 is 0 Å². The lowest BCUT2D eigenvalue weighted by atomic mass is 10.2. The number of H-pyrrole nitrogens is 1. The molecule has 0 unspecified atom stereocenters. The van der Waals surface area contributed by atoms with Crippen LogP contribution in [0.2, 0.25) is 0 Å². The van der Waals surface area contributed by atoms with E-state index in [2.05, 4.69) is 34.5 Å². The molecule has 3 rings (SSSR count). The highest BCUT2D eigenvalue weighted by Crippen LogP contribution is 2.19. The summed E-state index contributed by atoms with van der Waals surface area (Å²) >= 11 is 7.17. The molecule has 0 aliphatic carbocycles. The van der Waals surface area contributed by atoms with Crippen molar-refractivity contribution in [1.82, 2.24) is 14.8 Å². The number of hydrogen-bond acceptors (Lipinski definition) is 3. The average Bonchev–Trinajstić information content (AvgIpc) is 2.90. The van der Waals surface area contributed by atoms with E-state index in [1.807, 2.05) is 52.7 Å². The van der Waals surface area contributed by atoms with E-state index in [4.69, 9.17) is 12.2 Å². The van der Waals surface area contributed by atoms with Gasteiger partial charge in [-0.25, -0.2) is 0 Å². The molecule has 0 amide bonds. The second-order valence-electron chi connectivity index (χ2n) is 4.59. The van der Waals surface area contributed by atoms with Gasteiger partial charge in [-0.15, -0.1) is 11.8 Å². The number of nitrogens with one attached hydrogen (secondary N) is 1. The van der Waals surface area contributed by atoms with Crippen LogP contribution in [0.25, 0.3) is 5.69 Å². The molecule has 0 spiro atoms. The molecular formula is C16H15N3S2. The van der Waals surface area contributed by atoms with Gasteiger partial charge in [-0.05, 0) is 29.9 Å². The van der Waals surface area contributed by atoms with Crippen LogP contribution in [-0.4, -0.2) is 14.8 Å². The minimum Gasteiger partial charge on any atom is -0.271 e. The van der Waals surface area contributed by atoms with Gasteiger partial charge >= 0.3 is 0 Å². The summed E-state index contributed by atoms with van der Waals surface area (Å²) in [4.78, 5) is 0. The van der Waals surface area contributed by atoms with E-state index < -0.39 is 0 Å². The average molecular weight is 313 g/mol. The summed E-state index contributed by atoms with van der Waals surface area (Å²) in [5.41, 5.74) is 2.37. The Balaban J connectivity index is 1.74. The summed E-state index contributed by atoms with van der Waals surface area (Å²) in [6.45, 7) is 0. The molecule has 1 aromatic heterocycles. The molecule has 0 saturated carbocycles. The van der Waals surface area contributed by atoms with Gasteiger partial charge in [-0.1, -0.05) is 48.5 Å². The number of aromatic amines is 1. The van der Waals surface area contributed by atoms with Crippen molar-refractivity contribution in [3.05, 3.63) is 76.8 Å². The fourth-order valence-electron chi connectivity index (χ4n) is 2.10.